The number of fused-ring (bicyclic) bond motifs is 1. The summed E-state index contributed by atoms with van der Waals surface area (Å²) in [7, 11) is 0. The molecule has 1 aromatic rings. The highest BCUT2D eigenvalue weighted by atomic mass is 19.3. The van der Waals surface area contributed by atoms with Gasteiger partial charge >= 0.3 is 6.29 Å². The van der Waals surface area contributed by atoms with Crippen molar-refractivity contribution >= 4 is 6.29 Å². The number of rotatable bonds is 2. The number of hydrogen-bond acceptors (Lipinski definition) is 3. The van der Waals surface area contributed by atoms with Gasteiger partial charge in [0.05, 0.1) is 0 Å². The molecule has 5 heteroatoms. The molecule has 1 aliphatic carbocycles. The molecule has 84 valence electrons. The lowest BCUT2D eigenvalue weighted by Crippen LogP contribution is -2.26. The molecule has 1 saturated carbocycles. The number of ether oxygens (including phenoxy) is 2. The zero-order chi connectivity index (χ0) is 11.3. The molecular formula is C11H8F2O3. The Morgan fingerprint density at radius 2 is 2.06 bits per heavy atom. The predicted molar refractivity (Wildman–Crippen MR) is 50.0 cm³/mol. The Bertz CT molecular complexity index is 467. The SMILES string of the molecule is O=Cc1ccc2c(c1C1CC1)OC(F)(F)O2. The number of alkyl halides is 2. The maximum Gasteiger partial charge on any atom is 0.586 e. The van der Waals surface area contributed by atoms with Gasteiger partial charge in [-0.25, -0.2) is 0 Å². The van der Waals surface area contributed by atoms with E-state index in [9.17, 15) is 13.6 Å². The molecule has 2 aliphatic rings. The Hall–Kier alpha value is -1.65. The van der Waals surface area contributed by atoms with Crippen LogP contribution in [0.2, 0.25) is 0 Å². The van der Waals surface area contributed by atoms with Crippen LogP contribution in [-0.2, 0) is 0 Å². The maximum atomic E-state index is 12.9. The first-order valence-electron chi connectivity index (χ1n) is 4.98. The van der Waals surface area contributed by atoms with Crippen LogP contribution in [0.15, 0.2) is 12.1 Å². The van der Waals surface area contributed by atoms with Crippen LogP contribution in [0.1, 0.15) is 34.7 Å². The monoisotopic (exact) mass is 226 g/mol. The van der Waals surface area contributed by atoms with Gasteiger partial charge in [0.15, 0.2) is 11.5 Å². The van der Waals surface area contributed by atoms with Crippen LogP contribution in [0, 0.1) is 0 Å². The second-order valence-corrected chi connectivity index (χ2v) is 3.96. The second kappa shape index (κ2) is 2.93. The fraction of sp³-hybridized carbons (Fsp3) is 0.364. The summed E-state index contributed by atoms with van der Waals surface area (Å²) in [6.07, 6.45) is -1.17. The van der Waals surface area contributed by atoms with E-state index in [1.165, 1.54) is 12.1 Å². The molecule has 16 heavy (non-hydrogen) atoms. The Morgan fingerprint density at radius 3 is 2.69 bits per heavy atom. The van der Waals surface area contributed by atoms with Gasteiger partial charge < -0.3 is 9.47 Å². The van der Waals surface area contributed by atoms with E-state index in [1.54, 1.807) is 0 Å². The first kappa shape index (κ1) is 9.57. The number of hydrogen-bond donors (Lipinski definition) is 0. The zero-order valence-electron chi connectivity index (χ0n) is 8.20. The average Bonchev–Trinajstić information content (AvgIpc) is 2.98. The summed E-state index contributed by atoms with van der Waals surface area (Å²) >= 11 is 0. The predicted octanol–water partition coefficient (Wildman–Crippen LogP) is 2.70. The summed E-state index contributed by atoms with van der Waals surface area (Å²) in [5.41, 5.74) is 0.965. The second-order valence-electron chi connectivity index (χ2n) is 3.96. The number of aldehydes is 1. The molecule has 0 N–H and O–H groups in total. The third-order valence-electron chi connectivity index (χ3n) is 2.76. The Morgan fingerprint density at radius 1 is 1.31 bits per heavy atom. The van der Waals surface area contributed by atoms with Crippen LogP contribution in [-0.4, -0.2) is 12.6 Å². The minimum atomic E-state index is -3.62. The van der Waals surface area contributed by atoms with E-state index in [0.717, 1.165) is 12.8 Å². The van der Waals surface area contributed by atoms with Gasteiger partial charge in [0.2, 0.25) is 0 Å². The lowest BCUT2D eigenvalue weighted by Gasteiger charge is -2.07. The molecule has 0 amide bonds. The summed E-state index contributed by atoms with van der Waals surface area (Å²) in [5, 5.41) is 0. The number of carbonyl (C=O) groups excluding carboxylic acids is 1. The number of halogens is 2. The van der Waals surface area contributed by atoms with E-state index < -0.39 is 6.29 Å². The van der Waals surface area contributed by atoms with Gasteiger partial charge in [0, 0.05) is 11.1 Å². The van der Waals surface area contributed by atoms with Gasteiger partial charge in [-0.3, -0.25) is 4.79 Å². The van der Waals surface area contributed by atoms with E-state index in [1.807, 2.05) is 0 Å². The summed E-state index contributed by atoms with van der Waals surface area (Å²) < 4.78 is 34.6. The molecule has 1 aliphatic heterocycles. The fourth-order valence-electron chi connectivity index (χ4n) is 1.94. The van der Waals surface area contributed by atoms with E-state index in [-0.39, 0.29) is 17.4 Å². The fourth-order valence-corrected chi connectivity index (χ4v) is 1.94. The van der Waals surface area contributed by atoms with Crippen LogP contribution < -0.4 is 9.47 Å². The van der Waals surface area contributed by atoms with Crippen molar-refractivity contribution in [1.29, 1.82) is 0 Å². The highest BCUT2D eigenvalue weighted by Crippen LogP contribution is 2.52. The van der Waals surface area contributed by atoms with Crippen LogP contribution in [0.4, 0.5) is 8.78 Å². The molecule has 1 heterocycles. The lowest BCUT2D eigenvalue weighted by molar-refractivity contribution is -0.286. The van der Waals surface area contributed by atoms with Gasteiger partial charge in [0.1, 0.15) is 6.29 Å². The molecule has 0 saturated heterocycles. The Kier molecular flexibility index (Phi) is 1.75. The average molecular weight is 226 g/mol. The standard InChI is InChI=1S/C11H8F2O3/c12-11(13)15-8-4-3-7(5-14)9(6-1-2-6)10(8)16-11/h3-6H,1-2H2. The Labute approximate surface area is 90.0 Å². The lowest BCUT2D eigenvalue weighted by atomic mass is 10.0. The topological polar surface area (TPSA) is 35.5 Å². The Balaban J connectivity index is 2.15. The minimum absolute atomic E-state index is 0.0116. The smallest absolute Gasteiger partial charge is 0.395 e. The molecule has 0 atom stereocenters. The molecular weight excluding hydrogens is 218 g/mol. The van der Waals surface area contributed by atoms with E-state index in [4.69, 9.17) is 0 Å². The quantitative estimate of drug-likeness (QED) is 0.727. The number of benzene rings is 1. The van der Waals surface area contributed by atoms with Crippen molar-refractivity contribution in [3.05, 3.63) is 23.3 Å². The van der Waals surface area contributed by atoms with Crippen molar-refractivity contribution in [2.24, 2.45) is 0 Å². The zero-order valence-corrected chi connectivity index (χ0v) is 8.20. The molecule has 0 unspecified atom stereocenters. The van der Waals surface area contributed by atoms with Crippen molar-refractivity contribution in [2.45, 2.75) is 25.1 Å². The van der Waals surface area contributed by atoms with Crippen LogP contribution >= 0.6 is 0 Å². The van der Waals surface area contributed by atoms with E-state index in [0.29, 0.717) is 17.4 Å². The largest absolute Gasteiger partial charge is 0.586 e. The van der Waals surface area contributed by atoms with Crippen LogP contribution in [0.25, 0.3) is 0 Å². The molecule has 0 bridgehead atoms. The first-order valence-corrected chi connectivity index (χ1v) is 4.98. The number of carbonyl (C=O) groups is 1. The minimum Gasteiger partial charge on any atom is -0.395 e. The molecule has 1 fully saturated rings. The van der Waals surface area contributed by atoms with E-state index >= 15 is 0 Å². The molecule has 0 aromatic heterocycles. The molecule has 3 nitrogen and oxygen atoms in total. The molecule has 1 aromatic carbocycles. The normalized spacial score (nSPS) is 20.9. The molecule has 0 radical (unpaired) electrons. The van der Waals surface area contributed by atoms with Crippen molar-refractivity contribution < 1.29 is 23.0 Å². The summed E-state index contributed by atoms with van der Waals surface area (Å²) in [5.74, 6) is 0.183. The van der Waals surface area contributed by atoms with Crippen LogP contribution in [0.3, 0.4) is 0 Å². The highest BCUT2D eigenvalue weighted by molar-refractivity contribution is 5.81. The van der Waals surface area contributed by atoms with Crippen molar-refractivity contribution in [2.75, 3.05) is 0 Å². The van der Waals surface area contributed by atoms with Gasteiger partial charge in [-0.1, -0.05) is 0 Å². The van der Waals surface area contributed by atoms with Crippen molar-refractivity contribution in [3.63, 3.8) is 0 Å². The highest BCUT2D eigenvalue weighted by Gasteiger charge is 2.46. The molecule has 0 spiro atoms. The van der Waals surface area contributed by atoms with E-state index in [2.05, 4.69) is 9.47 Å². The first-order chi connectivity index (χ1) is 7.61. The third-order valence-corrected chi connectivity index (χ3v) is 2.76. The summed E-state index contributed by atoms with van der Waals surface area (Å²) in [4.78, 5) is 10.8. The summed E-state index contributed by atoms with van der Waals surface area (Å²) in [6, 6.07) is 2.83. The van der Waals surface area contributed by atoms with Gasteiger partial charge in [0.25, 0.3) is 0 Å². The van der Waals surface area contributed by atoms with Gasteiger partial charge in [-0.15, -0.1) is 8.78 Å². The van der Waals surface area contributed by atoms with Gasteiger partial charge in [-0.05, 0) is 30.9 Å². The van der Waals surface area contributed by atoms with Crippen molar-refractivity contribution in [1.82, 2.24) is 0 Å². The molecule has 3 rings (SSSR count). The van der Waals surface area contributed by atoms with Gasteiger partial charge in [-0.2, -0.15) is 0 Å². The third kappa shape index (κ3) is 1.35. The van der Waals surface area contributed by atoms with Crippen LogP contribution in [0.5, 0.6) is 11.5 Å². The van der Waals surface area contributed by atoms with Crippen molar-refractivity contribution in [3.8, 4) is 11.5 Å². The maximum absolute atomic E-state index is 12.9. The summed E-state index contributed by atoms with van der Waals surface area (Å²) in [6.45, 7) is 0.